The van der Waals surface area contributed by atoms with Gasteiger partial charge in [0, 0.05) is 13.3 Å². The lowest BCUT2D eigenvalue weighted by Crippen LogP contribution is -2.66. The molecule has 1 aliphatic rings. The molecule has 0 bridgehead atoms. The monoisotopic (exact) mass is 325 g/mol. The Hall–Kier alpha value is -1.33. The molecule has 1 amide bonds. The molecule has 6 atom stereocenters. The number of hydrogen-bond donors (Lipinski definition) is 5. The fourth-order valence-electron chi connectivity index (χ4n) is 2.26. The van der Waals surface area contributed by atoms with Crippen LogP contribution in [0.15, 0.2) is 0 Å². The van der Waals surface area contributed by atoms with Gasteiger partial charge >= 0.3 is 5.97 Å². The zero-order valence-corrected chi connectivity index (χ0v) is 12.1. The summed E-state index contributed by atoms with van der Waals surface area (Å²) < 4.78 is 23.5. The quantitative estimate of drug-likeness (QED) is 0.341. The van der Waals surface area contributed by atoms with E-state index in [0.29, 0.717) is 0 Å². The minimum absolute atomic E-state index is 0.619. The fraction of sp³-hybridized carbons (Fsp3) is 0.833. The Morgan fingerprint density at radius 2 is 2.14 bits per heavy atom. The van der Waals surface area contributed by atoms with E-state index < -0.39 is 61.2 Å². The predicted molar refractivity (Wildman–Crippen MR) is 68.1 cm³/mol. The maximum absolute atomic E-state index is 14.2. The van der Waals surface area contributed by atoms with Crippen molar-refractivity contribution in [1.29, 1.82) is 0 Å². The van der Waals surface area contributed by atoms with E-state index in [1.807, 2.05) is 0 Å². The molecule has 1 unspecified atom stereocenters. The first kappa shape index (κ1) is 18.7. The van der Waals surface area contributed by atoms with Gasteiger partial charge in [-0.3, -0.25) is 4.79 Å². The molecule has 5 N–H and O–H groups in total. The molecule has 10 heteroatoms. The third-order valence-corrected chi connectivity index (χ3v) is 3.33. The van der Waals surface area contributed by atoms with Crippen LogP contribution in [-0.2, 0) is 19.1 Å². The molecule has 1 heterocycles. The van der Waals surface area contributed by atoms with E-state index in [1.54, 1.807) is 0 Å². The zero-order valence-electron chi connectivity index (χ0n) is 12.1. The highest BCUT2D eigenvalue weighted by Gasteiger charge is 2.54. The molecule has 0 aliphatic carbocycles. The van der Waals surface area contributed by atoms with Crippen molar-refractivity contribution in [3.05, 3.63) is 0 Å². The van der Waals surface area contributed by atoms with Gasteiger partial charge in [0.25, 0.3) is 5.79 Å². The zero-order chi connectivity index (χ0) is 17.1. The molecule has 1 aliphatic heterocycles. The van der Waals surface area contributed by atoms with Gasteiger partial charge in [-0.2, -0.15) is 0 Å². The van der Waals surface area contributed by atoms with Gasteiger partial charge in [-0.1, -0.05) is 0 Å². The second-order valence-corrected chi connectivity index (χ2v) is 5.05. The summed E-state index contributed by atoms with van der Waals surface area (Å²) >= 11 is 0. The molecule has 0 radical (unpaired) electrons. The van der Waals surface area contributed by atoms with Crippen molar-refractivity contribution in [2.24, 2.45) is 0 Å². The van der Waals surface area contributed by atoms with Crippen LogP contribution in [0.1, 0.15) is 13.3 Å². The number of ether oxygens (including phenoxy) is 2. The van der Waals surface area contributed by atoms with Gasteiger partial charge in [0.2, 0.25) is 5.91 Å². The molecule has 1 saturated heterocycles. The van der Waals surface area contributed by atoms with Crippen LogP contribution in [0.25, 0.3) is 0 Å². The van der Waals surface area contributed by atoms with Crippen molar-refractivity contribution in [1.82, 2.24) is 5.32 Å². The van der Waals surface area contributed by atoms with Crippen molar-refractivity contribution in [2.45, 2.75) is 49.7 Å². The second kappa shape index (κ2) is 7.29. The Bertz CT molecular complexity index is 422. The van der Waals surface area contributed by atoms with E-state index in [9.17, 15) is 29.3 Å². The van der Waals surface area contributed by atoms with Crippen LogP contribution in [0.2, 0.25) is 0 Å². The number of amides is 1. The average Bonchev–Trinajstić information content (AvgIpc) is 2.46. The second-order valence-electron chi connectivity index (χ2n) is 5.05. The van der Waals surface area contributed by atoms with Gasteiger partial charge < -0.3 is 35.2 Å². The minimum Gasteiger partial charge on any atom is -0.465 e. The van der Waals surface area contributed by atoms with Gasteiger partial charge in [-0.05, 0) is 0 Å². The maximum Gasteiger partial charge on any atom is 0.366 e. The lowest BCUT2D eigenvalue weighted by molar-refractivity contribution is -0.290. The molecule has 1 fully saturated rings. The number of rotatable bonds is 5. The summed E-state index contributed by atoms with van der Waals surface area (Å²) in [6, 6.07) is -1.33. The summed E-state index contributed by atoms with van der Waals surface area (Å²) in [5.41, 5.74) is 0. The summed E-state index contributed by atoms with van der Waals surface area (Å²) in [5.74, 6) is -4.51. The van der Waals surface area contributed by atoms with E-state index in [0.717, 1.165) is 14.0 Å². The standard InChI is InChI=1S/C12H20FNO8/c1-5(16)14-9-6(17)3-12(20,11(19)21-2)22-10(9)8(13)7(18)4-15/h6-10,15,17-18,20H,3-4H2,1-2H3,(H,14,16)/t6-,7+,8+,9+,10-,12?/m0/s1. The molecule has 0 aromatic rings. The molecule has 0 saturated carbocycles. The molecule has 0 aromatic carbocycles. The number of methoxy groups -OCH3 is 1. The Kier molecular flexibility index (Phi) is 6.20. The SMILES string of the molecule is COC(=O)C1(O)C[C@H](O)[C@@H](NC(C)=O)[C@H]([C@H](F)[C@H](O)CO)O1. The Labute approximate surface area is 125 Å². The number of carbonyl (C=O) groups is 2. The Morgan fingerprint density at radius 3 is 2.59 bits per heavy atom. The molecule has 9 nitrogen and oxygen atoms in total. The van der Waals surface area contributed by atoms with Crippen LogP contribution in [-0.4, -0.2) is 82.3 Å². The third-order valence-electron chi connectivity index (χ3n) is 3.33. The molecule has 0 aromatic heterocycles. The lowest BCUT2D eigenvalue weighted by atomic mass is 9.89. The van der Waals surface area contributed by atoms with Crippen molar-refractivity contribution in [3.8, 4) is 0 Å². The number of carbonyl (C=O) groups excluding carboxylic acids is 2. The van der Waals surface area contributed by atoms with Gasteiger partial charge in [0.15, 0.2) is 6.17 Å². The number of aliphatic hydroxyl groups excluding tert-OH is 3. The number of esters is 1. The van der Waals surface area contributed by atoms with E-state index in [1.165, 1.54) is 0 Å². The topological polar surface area (TPSA) is 146 Å². The number of aliphatic hydroxyl groups is 4. The summed E-state index contributed by atoms with van der Waals surface area (Å²) in [6.07, 6.45) is -8.17. The summed E-state index contributed by atoms with van der Waals surface area (Å²) in [4.78, 5) is 22.7. The largest absolute Gasteiger partial charge is 0.465 e. The number of alkyl halides is 1. The normalized spacial score (nSPS) is 34.6. The number of hydrogen-bond acceptors (Lipinski definition) is 8. The summed E-state index contributed by atoms with van der Waals surface area (Å²) in [7, 11) is 0.959. The third kappa shape index (κ3) is 3.90. The smallest absolute Gasteiger partial charge is 0.366 e. The average molecular weight is 325 g/mol. The van der Waals surface area contributed by atoms with E-state index in [4.69, 9.17) is 9.84 Å². The van der Waals surface area contributed by atoms with Crippen molar-refractivity contribution < 1.29 is 43.9 Å². The summed E-state index contributed by atoms with van der Waals surface area (Å²) in [5, 5.41) is 40.5. The fourth-order valence-corrected chi connectivity index (χ4v) is 2.26. The molecular weight excluding hydrogens is 305 g/mol. The first-order valence-electron chi connectivity index (χ1n) is 6.53. The summed E-state index contributed by atoms with van der Waals surface area (Å²) in [6.45, 7) is 0.154. The van der Waals surface area contributed by atoms with E-state index >= 15 is 0 Å². The van der Waals surface area contributed by atoms with Gasteiger partial charge in [0.05, 0.1) is 25.9 Å². The maximum atomic E-state index is 14.2. The first-order chi connectivity index (χ1) is 10.2. The Morgan fingerprint density at radius 1 is 1.55 bits per heavy atom. The van der Waals surface area contributed by atoms with Crippen molar-refractivity contribution in [3.63, 3.8) is 0 Å². The highest BCUT2D eigenvalue weighted by atomic mass is 19.1. The van der Waals surface area contributed by atoms with Crippen molar-refractivity contribution in [2.75, 3.05) is 13.7 Å². The Balaban J connectivity index is 3.09. The molecule has 128 valence electrons. The highest BCUT2D eigenvalue weighted by Crippen LogP contribution is 2.32. The first-order valence-corrected chi connectivity index (χ1v) is 6.53. The molecule has 0 spiro atoms. The molecular formula is C12H20FNO8. The molecule has 22 heavy (non-hydrogen) atoms. The number of nitrogens with one attached hydrogen (secondary N) is 1. The predicted octanol–water partition coefficient (Wildman–Crippen LogP) is -2.81. The van der Waals surface area contributed by atoms with Crippen LogP contribution < -0.4 is 5.32 Å². The van der Waals surface area contributed by atoms with E-state index in [-0.39, 0.29) is 0 Å². The van der Waals surface area contributed by atoms with E-state index in [2.05, 4.69) is 10.1 Å². The highest BCUT2D eigenvalue weighted by molar-refractivity contribution is 5.78. The van der Waals surface area contributed by atoms with Crippen LogP contribution >= 0.6 is 0 Å². The van der Waals surface area contributed by atoms with Crippen LogP contribution in [0.3, 0.4) is 0 Å². The van der Waals surface area contributed by atoms with Gasteiger partial charge in [-0.15, -0.1) is 0 Å². The number of halogens is 1. The van der Waals surface area contributed by atoms with Gasteiger partial charge in [-0.25, -0.2) is 9.18 Å². The molecule has 1 rings (SSSR count). The minimum atomic E-state index is -2.63. The van der Waals surface area contributed by atoms with Crippen LogP contribution in [0.5, 0.6) is 0 Å². The van der Waals surface area contributed by atoms with Gasteiger partial charge in [0.1, 0.15) is 12.2 Å². The van der Waals surface area contributed by atoms with Crippen molar-refractivity contribution >= 4 is 11.9 Å². The van der Waals surface area contributed by atoms with Crippen LogP contribution in [0, 0.1) is 0 Å². The van der Waals surface area contributed by atoms with Crippen LogP contribution in [0.4, 0.5) is 4.39 Å². The lowest BCUT2D eigenvalue weighted by Gasteiger charge is -2.44.